The van der Waals surface area contributed by atoms with Gasteiger partial charge in [-0.05, 0) is 26.0 Å². The first kappa shape index (κ1) is 12.7. The zero-order chi connectivity index (χ0) is 11.2. The van der Waals surface area contributed by atoms with Crippen LogP contribution < -0.4 is 0 Å². The van der Waals surface area contributed by atoms with E-state index in [1.54, 1.807) is 0 Å². The van der Waals surface area contributed by atoms with Gasteiger partial charge in [-0.2, -0.15) is 13.2 Å². The Labute approximate surface area is 80.6 Å². The van der Waals surface area contributed by atoms with E-state index in [0.717, 1.165) is 18.2 Å². The van der Waals surface area contributed by atoms with Crippen molar-refractivity contribution in [1.82, 2.24) is 0 Å². The maximum atomic E-state index is 12.2. The fourth-order valence-corrected chi connectivity index (χ4v) is 0.813. The summed E-state index contributed by atoms with van der Waals surface area (Å²) in [6, 6.07) is 0. The molecule has 78 valence electrons. The summed E-state index contributed by atoms with van der Waals surface area (Å²) in [6.45, 7) is 2.81. The highest BCUT2D eigenvalue weighted by Gasteiger charge is 2.31. The fraction of sp³-hybridized carbons (Fsp3) is 0.300. The van der Waals surface area contributed by atoms with Crippen LogP contribution in [-0.2, 0) is 4.79 Å². The quantitative estimate of drug-likeness (QED) is 0.392. The van der Waals surface area contributed by atoms with Gasteiger partial charge in [0.15, 0.2) is 0 Å². The van der Waals surface area contributed by atoms with Crippen molar-refractivity contribution in [3.8, 4) is 0 Å². The molecule has 0 aromatic carbocycles. The van der Waals surface area contributed by atoms with Crippen LogP contribution >= 0.6 is 0 Å². The van der Waals surface area contributed by atoms with Crippen molar-refractivity contribution in [3.05, 3.63) is 35.5 Å². The summed E-state index contributed by atoms with van der Waals surface area (Å²) < 4.78 is 36.6. The zero-order valence-electron chi connectivity index (χ0n) is 7.93. The van der Waals surface area contributed by atoms with Crippen molar-refractivity contribution in [2.24, 2.45) is 0 Å². The maximum absolute atomic E-state index is 12.2. The molecular formula is C10H11F3O. The molecule has 4 heteroatoms. The Kier molecular flexibility index (Phi) is 4.91. The van der Waals surface area contributed by atoms with Gasteiger partial charge in [0.2, 0.25) is 0 Å². The number of hydrogen-bond acceptors (Lipinski definition) is 1. The molecule has 0 spiro atoms. The highest BCUT2D eigenvalue weighted by molar-refractivity contribution is 5.65. The van der Waals surface area contributed by atoms with E-state index in [9.17, 15) is 18.0 Å². The van der Waals surface area contributed by atoms with Gasteiger partial charge in [0, 0.05) is 0 Å². The van der Waals surface area contributed by atoms with Crippen molar-refractivity contribution in [1.29, 1.82) is 0 Å². The second kappa shape index (κ2) is 5.42. The molecule has 0 atom stereocenters. The summed E-state index contributed by atoms with van der Waals surface area (Å²) in [4.78, 5) is 9.91. The van der Waals surface area contributed by atoms with Crippen LogP contribution in [0.5, 0.6) is 0 Å². The molecular weight excluding hydrogens is 193 g/mol. The molecule has 0 aliphatic rings. The summed E-state index contributed by atoms with van der Waals surface area (Å²) in [5.74, 6) is 0. The smallest absolute Gasteiger partial charge is 0.299 e. The molecule has 0 bridgehead atoms. The Hall–Kier alpha value is -1.32. The lowest BCUT2D eigenvalue weighted by molar-refractivity contribution is -0.104. The number of rotatable bonds is 3. The molecule has 0 saturated carbocycles. The number of hydrogen-bond donors (Lipinski definition) is 0. The molecule has 0 aromatic rings. The topological polar surface area (TPSA) is 17.1 Å². The Morgan fingerprint density at radius 1 is 1.29 bits per heavy atom. The summed E-state index contributed by atoms with van der Waals surface area (Å²) in [7, 11) is 0. The highest BCUT2D eigenvalue weighted by atomic mass is 19.4. The molecule has 0 aliphatic carbocycles. The molecule has 14 heavy (non-hydrogen) atoms. The molecule has 0 fully saturated rings. The zero-order valence-corrected chi connectivity index (χ0v) is 7.93. The largest absolute Gasteiger partial charge is 0.416 e. The second-order valence-electron chi connectivity index (χ2n) is 2.63. The first-order valence-corrected chi connectivity index (χ1v) is 3.95. The van der Waals surface area contributed by atoms with Gasteiger partial charge in [-0.15, -0.1) is 0 Å². The summed E-state index contributed by atoms with van der Waals surface area (Å²) in [5, 5.41) is 0. The third-order valence-corrected chi connectivity index (χ3v) is 1.46. The van der Waals surface area contributed by atoms with Crippen LogP contribution in [0.3, 0.4) is 0 Å². The molecule has 0 heterocycles. The highest BCUT2D eigenvalue weighted by Crippen LogP contribution is 2.27. The van der Waals surface area contributed by atoms with E-state index >= 15 is 0 Å². The maximum Gasteiger partial charge on any atom is 0.416 e. The van der Waals surface area contributed by atoms with Gasteiger partial charge in [0.1, 0.15) is 6.29 Å². The predicted octanol–water partition coefficient (Wildman–Crippen LogP) is 3.20. The van der Waals surface area contributed by atoms with Crippen molar-refractivity contribution in [2.45, 2.75) is 20.0 Å². The average Bonchev–Trinajstić information content (AvgIpc) is 2.08. The summed E-state index contributed by atoms with van der Waals surface area (Å²) in [5.41, 5.74) is -0.340. The van der Waals surface area contributed by atoms with Gasteiger partial charge < -0.3 is 0 Å². The molecule has 0 N–H and O–H groups in total. The number of carbonyl (C=O) groups is 1. The van der Waals surface area contributed by atoms with Crippen molar-refractivity contribution < 1.29 is 18.0 Å². The number of aldehydes is 1. The Balaban J connectivity index is 4.78. The van der Waals surface area contributed by atoms with Crippen LogP contribution in [0.1, 0.15) is 13.8 Å². The minimum absolute atomic E-state index is 0.377. The van der Waals surface area contributed by atoms with Crippen LogP contribution in [0, 0.1) is 0 Å². The lowest BCUT2D eigenvalue weighted by Gasteiger charge is -2.06. The van der Waals surface area contributed by atoms with Crippen LogP contribution in [0.4, 0.5) is 13.2 Å². The number of alkyl halides is 3. The standard InChI is InChI=1S/C10H11F3O/c1-3-9(10(11,12)13)7-8(2)5-4-6-14/h3-7H,1-2H3. The molecule has 0 unspecified atom stereocenters. The summed E-state index contributed by atoms with van der Waals surface area (Å²) >= 11 is 0. The Morgan fingerprint density at radius 2 is 1.86 bits per heavy atom. The first-order valence-electron chi connectivity index (χ1n) is 3.95. The van der Waals surface area contributed by atoms with Crippen LogP contribution in [-0.4, -0.2) is 12.5 Å². The van der Waals surface area contributed by atoms with E-state index in [4.69, 9.17) is 0 Å². The minimum Gasteiger partial charge on any atom is -0.299 e. The number of carbonyl (C=O) groups excluding carboxylic acids is 1. The van der Waals surface area contributed by atoms with Gasteiger partial charge in [-0.1, -0.05) is 17.7 Å². The number of allylic oxidation sites excluding steroid dienone is 6. The lowest BCUT2D eigenvalue weighted by Crippen LogP contribution is -2.09. The molecule has 0 aliphatic heterocycles. The molecule has 0 saturated heterocycles. The first-order chi connectivity index (χ1) is 6.41. The van der Waals surface area contributed by atoms with Crippen molar-refractivity contribution >= 4 is 6.29 Å². The number of halogens is 3. The Bertz CT molecular complexity index is 282. The SMILES string of the molecule is CC=C(C=C(C)C=CC=O)C(F)(F)F. The van der Waals surface area contributed by atoms with Crippen molar-refractivity contribution in [2.75, 3.05) is 0 Å². The van der Waals surface area contributed by atoms with E-state index in [1.165, 1.54) is 19.9 Å². The molecule has 0 amide bonds. The lowest BCUT2D eigenvalue weighted by atomic mass is 10.1. The monoisotopic (exact) mass is 204 g/mol. The van der Waals surface area contributed by atoms with Crippen LogP contribution in [0.25, 0.3) is 0 Å². The Morgan fingerprint density at radius 3 is 2.21 bits per heavy atom. The van der Waals surface area contributed by atoms with E-state index in [0.29, 0.717) is 11.9 Å². The fourth-order valence-electron chi connectivity index (χ4n) is 0.813. The van der Waals surface area contributed by atoms with Crippen LogP contribution in [0.2, 0.25) is 0 Å². The predicted molar refractivity (Wildman–Crippen MR) is 48.8 cm³/mol. The molecule has 1 nitrogen and oxygen atoms in total. The molecule has 0 rings (SSSR count). The molecule has 0 aromatic heterocycles. The van der Waals surface area contributed by atoms with E-state index in [-0.39, 0.29) is 0 Å². The average molecular weight is 204 g/mol. The van der Waals surface area contributed by atoms with Crippen molar-refractivity contribution in [3.63, 3.8) is 0 Å². The van der Waals surface area contributed by atoms with Gasteiger partial charge in [0.05, 0.1) is 5.57 Å². The van der Waals surface area contributed by atoms with Gasteiger partial charge in [0.25, 0.3) is 0 Å². The third-order valence-electron chi connectivity index (χ3n) is 1.46. The van der Waals surface area contributed by atoms with E-state index < -0.39 is 11.7 Å². The van der Waals surface area contributed by atoms with E-state index in [2.05, 4.69) is 0 Å². The van der Waals surface area contributed by atoms with Crippen LogP contribution in [0.15, 0.2) is 35.5 Å². The minimum atomic E-state index is -4.34. The van der Waals surface area contributed by atoms with Gasteiger partial charge >= 0.3 is 6.18 Å². The van der Waals surface area contributed by atoms with E-state index in [1.807, 2.05) is 0 Å². The normalized spacial score (nSPS) is 14.9. The second-order valence-corrected chi connectivity index (χ2v) is 2.63. The van der Waals surface area contributed by atoms with Gasteiger partial charge in [-0.3, -0.25) is 4.79 Å². The van der Waals surface area contributed by atoms with Gasteiger partial charge in [-0.25, -0.2) is 0 Å². The third kappa shape index (κ3) is 4.64. The molecule has 0 radical (unpaired) electrons. The summed E-state index contributed by atoms with van der Waals surface area (Å²) in [6.07, 6.45) is 0.612.